The Morgan fingerprint density at radius 3 is 3.00 bits per heavy atom. The van der Waals surface area contributed by atoms with E-state index in [1.807, 2.05) is 16.2 Å². The van der Waals surface area contributed by atoms with Crippen molar-refractivity contribution in [2.45, 2.75) is 52.0 Å². The van der Waals surface area contributed by atoms with Crippen LogP contribution in [0.4, 0.5) is 0 Å². The molecular weight excluding hydrogens is 280 g/mol. The van der Waals surface area contributed by atoms with Gasteiger partial charge in [-0.05, 0) is 41.7 Å². The number of nitrogens with one attached hydrogen (secondary N) is 1. The molecule has 0 bridgehead atoms. The Bertz CT molecular complexity index is 491. The molecular formula is C17H26N2OS. The van der Waals surface area contributed by atoms with Crippen LogP contribution in [0.2, 0.25) is 0 Å². The van der Waals surface area contributed by atoms with Crippen LogP contribution in [0.25, 0.3) is 0 Å². The average Bonchev–Trinajstić information content (AvgIpc) is 2.95. The summed E-state index contributed by atoms with van der Waals surface area (Å²) in [7, 11) is 0. The van der Waals surface area contributed by atoms with Gasteiger partial charge in [-0.3, -0.25) is 4.79 Å². The van der Waals surface area contributed by atoms with Crippen molar-refractivity contribution in [1.29, 1.82) is 0 Å². The first-order valence-electron chi connectivity index (χ1n) is 8.20. The monoisotopic (exact) mass is 306 g/mol. The molecule has 1 fully saturated rings. The van der Waals surface area contributed by atoms with Gasteiger partial charge in [-0.15, -0.1) is 11.3 Å². The van der Waals surface area contributed by atoms with Crippen LogP contribution in [0, 0.1) is 5.41 Å². The fourth-order valence-electron chi connectivity index (χ4n) is 3.63. The van der Waals surface area contributed by atoms with Crippen LogP contribution in [-0.4, -0.2) is 30.4 Å². The Balaban J connectivity index is 1.44. The van der Waals surface area contributed by atoms with E-state index in [-0.39, 0.29) is 5.91 Å². The van der Waals surface area contributed by atoms with E-state index >= 15 is 0 Å². The van der Waals surface area contributed by atoms with Crippen LogP contribution in [0.1, 0.15) is 49.5 Å². The van der Waals surface area contributed by atoms with Gasteiger partial charge >= 0.3 is 0 Å². The zero-order valence-corrected chi connectivity index (χ0v) is 13.8. The second kappa shape index (κ2) is 6.49. The lowest BCUT2D eigenvalue weighted by atomic mass is 9.76. The van der Waals surface area contributed by atoms with Crippen molar-refractivity contribution in [3.8, 4) is 0 Å². The van der Waals surface area contributed by atoms with E-state index in [1.54, 1.807) is 0 Å². The maximum atomic E-state index is 12.3. The highest BCUT2D eigenvalue weighted by Crippen LogP contribution is 2.34. The molecule has 1 aromatic rings. The molecule has 3 nitrogen and oxygen atoms in total. The third-order valence-corrected chi connectivity index (χ3v) is 6.07. The minimum atomic E-state index is 0.256. The van der Waals surface area contributed by atoms with E-state index in [2.05, 4.69) is 23.7 Å². The average molecular weight is 306 g/mol. The lowest BCUT2D eigenvalue weighted by Gasteiger charge is -2.34. The van der Waals surface area contributed by atoms with Gasteiger partial charge in [0.15, 0.2) is 0 Å². The summed E-state index contributed by atoms with van der Waals surface area (Å²) in [6.07, 6.45) is 7.70. The first-order chi connectivity index (χ1) is 10.2. The first-order valence-corrected chi connectivity index (χ1v) is 9.08. The molecule has 4 heteroatoms. The molecule has 0 saturated heterocycles. The Kier molecular flexibility index (Phi) is 4.65. The van der Waals surface area contributed by atoms with Crippen molar-refractivity contribution >= 4 is 17.2 Å². The van der Waals surface area contributed by atoms with Gasteiger partial charge in [-0.2, -0.15) is 0 Å². The first kappa shape index (κ1) is 15.0. The van der Waals surface area contributed by atoms with Crippen molar-refractivity contribution in [2.75, 3.05) is 19.6 Å². The van der Waals surface area contributed by atoms with E-state index in [4.69, 9.17) is 0 Å². The van der Waals surface area contributed by atoms with Crippen LogP contribution < -0.4 is 5.32 Å². The van der Waals surface area contributed by atoms with Gasteiger partial charge in [-0.25, -0.2) is 0 Å². The van der Waals surface area contributed by atoms with Gasteiger partial charge < -0.3 is 10.2 Å². The third kappa shape index (κ3) is 3.67. The SMILES string of the molecule is CC1(CNCC(=O)N2CCc3sccc3C2)CCCCC1. The van der Waals surface area contributed by atoms with E-state index in [0.717, 1.165) is 26.1 Å². The van der Waals surface area contributed by atoms with Crippen molar-refractivity contribution in [3.63, 3.8) is 0 Å². The Morgan fingerprint density at radius 1 is 1.38 bits per heavy atom. The van der Waals surface area contributed by atoms with Gasteiger partial charge in [0.05, 0.1) is 6.54 Å². The number of carbonyl (C=O) groups excluding carboxylic acids is 1. The molecule has 1 aromatic heterocycles. The van der Waals surface area contributed by atoms with Gasteiger partial charge in [0.2, 0.25) is 5.91 Å². The highest BCUT2D eigenvalue weighted by Gasteiger charge is 2.27. The minimum Gasteiger partial charge on any atom is -0.337 e. The number of fused-ring (bicyclic) bond motifs is 1. The molecule has 0 radical (unpaired) electrons. The zero-order valence-electron chi connectivity index (χ0n) is 13.0. The van der Waals surface area contributed by atoms with Crippen molar-refractivity contribution in [3.05, 3.63) is 21.9 Å². The van der Waals surface area contributed by atoms with Gasteiger partial charge in [0.1, 0.15) is 0 Å². The molecule has 3 rings (SSSR count). The van der Waals surface area contributed by atoms with E-state index in [9.17, 15) is 4.79 Å². The number of carbonyl (C=O) groups is 1. The zero-order chi connectivity index (χ0) is 14.7. The molecule has 1 saturated carbocycles. The maximum absolute atomic E-state index is 12.3. The number of hydrogen-bond donors (Lipinski definition) is 1. The molecule has 1 N–H and O–H groups in total. The summed E-state index contributed by atoms with van der Waals surface area (Å²) >= 11 is 1.82. The molecule has 1 aliphatic heterocycles. The summed E-state index contributed by atoms with van der Waals surface area (Å²) in [5.74, 6) is 0.256. The normalized spacial score (nSPS) is 21.1. The van der Waals surface area contributed by atoms with Gasteiger partial charge in [-0.1, -0.05) is 26.2 Å². The number of rotatable bonds is 4. The van der Waals surface area contributed by atoms with Crippen LogP contribution in [-0.2, 0) is 17.8 Å². The summed E-state index contributed by atoms with van der Waals surface area (Å²) in [4.78, 5) is 15.8. The van der Waals surface area contributed by atoms with Crippen LogP contribution in [0.3, 0.4) is 0 Å². The molecule has 116 valence electrons. The van der Waals surface area contributed by atoms with Crippen LogP contribution >= 0.6 is 11.3 Å². The smallest absolute Gasteiger partial charge is 0.236 e. The van der Waals surface area contributed by atoms with Gasteiger partial charge in [0.25, 0.3) is 0 Å². The molecule has 0 unspecified atom stereocenters. The molecule has 21 heavy (non-hydrogen) atoms. The molecule has 0 aromatic carbocycles. The Hall–Kier alpha value is -0.870. The number of nitrogens with zero attached hydrogens (tertiary/aromatic N) is 1. The second-order valence-corrected chi connectivity index (χ2v) is 7.91. The molecule has 0 spiro atoms. The van der Waals surface area contributed by atoms with Crippen molar-refractivity contribution in [2.24, 2.45) is 5.41 Å². The summed E-state index contributed by atoms with van der Waals surface area (Å²) < 4.78 is 0. The molecule has 0 atom stereocenters. The third-order valence-electron chi connectivity index (χ3n) is 5.05. The topological polar surface area (TPSA) is 32.3 Å². The Morgan fingerprint density at radius 2 is 2.19 bits per heavy atom. The quantitative estimate of drug-likeness (QED) is 0.926. The number of amides is 1. The molecule has 2 aliphatic rings. The van der Waals surface area contributed by atoms with E-state index in [1.165, 1.54) is 42.5 Å². The fourth-order valence-corrected chi connectivity index (χ4v) is 4.52. The van der Waals surface area contributed by atoms with E-state index in [0.29, 0.717) is 12.0 Å². The predicted molar refractivity (Wildman–Crippen MR) is 87.5 cm³/mol. The largest absolute Gasteiger partial charge is 0.337 e. The molecule has 1 amide bonds. The predicted octanol–water partition coefficient (Wildman–Crippen LogP) is 3.19. The van der Waals surface area contributed by atoms with Crippen LogP contribution in [0.15, 0.2) is 11.4 Å². The standard InChI is InChI=1S/C17H26N2OS/c1-17(7-3-2-4-8-17)13-18-11-16(20)19-9-5-15-14(12-19)6-10-21-15/h6,10,18H,2-5,7-9,11-13H2,1H3. The van der Waals surface area contributed by atoms with Gasteiger partial charge in [0, 0.05) is 24.5 Å². The minimum absolute atomic E-state index is 0.256. The maximum Gasteiger partial charge on any atom is 0.236 e. The lowest BCUT2D eigenvalue weighted by molar-refractivity contribution is -0.131. The lowest BCUT2D eigenvalue weighted by Crippen LogP contribution is -2.43. The van der Waals surface area contributed by atoms with Crippen LogP contribution in [0.5, 0.6) is 0 Å². The summed E-state index contributed by atoms with van der Waals surface area (Å²) in [6, 6.07) is 2.16. The van der Waals surface area contributed by atoms with Crippen molar-refractivity contribution in [1.82, 2.24) is 10.2 Å². The Labute approximate surface area is 131 Å². The second-order valence-electron chi connectivity index (χ2n) is 6.91. The highest BCUT2D eigenvalue weighted by molar-refractivity contribution is 7.10. The number of thiophene rings is 1. The molecule has 1 aliphatic carbocycles. The summed E-state index contributed by atoms with van der Waals surface area (Å²) in [5, 5.41) is 5.56. The highest BCUT2D eigenvalue weighted by atomic mass is 32.1. The molecule has 2 heterocycles. The summed E-state index contributed by atoms with van der Waals surface area (Å²) in [5.41, 5.74) is 1.75. The van der Waals surface area contributed by atoms with E-state index < -0.39 is 0 Å². The number of hydrogen-bond acceptors (Lipinski definition) is 3. The fraction of sp³-hybridized carbons (Fsp3) is 0.706. The summed E-state index contributed by atoms with van der Waals surface area (Å²) in [6.45, 7) is 5.52. The van der Waals surface area contributed by atoms with Crippen molar-refractivity contribution < 1.29 is 4.79 Å².